The Morgan fingerprint density at radius 1 is 0.633 bits per heavy atom. The summed E-state index contributed by atoms with van der Waals surface area (Å²) in [5.41, 5.74) is 0.527. The molecule has 0 heterocycles. The summed E-state index contributed by atoms with van der Waals surface area (Å²) in [6.45, 7) is 17.3. The number of rotatable bonds is 22. The van der Waals surface area contributed by atoms with Crippen molar-refractivity contribution in [2.24, 2.45) is 5.41 Å². The van der Waals surface area contributed by atoms with Gasteiger partial charge in [0.05, 0.1) is 0 Å². The van der Waals surface area contributed by atoms with Crippen molar-refractivity contribution >= 4 is 9.76 Å². The normalized spacial score (nSPS) is 13.0. The predicted octanol–water partition coefficient (Wildman–Crippen LogP) is 4.88. The van der Waals surface area contributed by atoms with E-state index in [1.54, 1.807) is 0 Å². The van der Waals surface area contributed by atoms with Crippen LogP contribution in [-0.2, 0) is 4.43 Å². The fourth-order valence-corrected chi connectivity index (χ4v) is 5.80. The van der Waals surface area contributed by atoms with Crippen molar-refractivity contribution in [3.05, 3.63) is 0 Å². The van der Waals surface area contributed by atoms with E-state index >= 15 is 0 Å². The summed E-state index contributed by atoms with van der Waals surface area (Å²) in [5, 5.41) is 0. The predicted molar refractivity (Wildman–Crippen MR) is 138 cm³/mol. The smallest absolute Gasteiger partial charge is 0.161 e. The molecule has 5 heteroatoms. The van der Waals surface area contributed by atoms with Crippen LogP contribution in [0.4, 0.5) is 0 Å². The van der Waals surface area contributed by atoms with Crippen molar-refractivity contribution in [3.8, 4) is 0 Å². The van der Waals surface area contributed by atoms with E-state index in [1.807, 2.05) is 0 Å². The monoisotopic (exact) mass is 443 g/mol. The Labute approximate surface area is 193 Å². The Morgan fingerprint density at radius 3 is 1.43 bits per heavy atom. The molecular weight excluding hydrogens is 386 g/mol. The molecule has 0 aliphatic carbocycles. The maximum absolute atomic E-state index is 6.06. The molecule has 0 rings (SSSR count). The van der Waals surface area contributed by atoms with Crippen LogP contribution in [-0.4, -0.2) is 91.5 Å². The van der Waals surface area contributed by atoms with E-state index in [-0.39, 0.29) is 9.76 Å². The Bertz CT molecular complexity index is 330. The van der Waals surface area contributed by atoms with Gasteiger partial charge < -0.3 is 19.1 Å². The molecule has 0 aromatic rings. The zero-order valence-corrected chi connectivity index (χ0v) is 23.4. The van der Waals surface area contributed by atoms with Gasteiger partial charge in [-0.2, -0.15) is 0 Å². The summed E-state index contributed by atoms with van der Waals surface area (Å²) < 4.78 is 6.06. The lowest BCUT2D eigenvalue weighted by molar-refractivity contribution is 0.164. The van der Waals surface area contributed by atoms with Crippen LogP contribution in [0.15, 0.2) is 0 Å². The molecule has 0 saturated carbocycles. The third kappa shape index (κ3) is 15.8. The number of hydrogen-bond acceptors (Lipinski definition) is 4. The quantitative estimate of drug-likeness (QED) is 0.175. The molecule has 182 valence electrons. The molecule has 0 unspecified atom stereocenters. The molecule has 0 aliphatic rings. The van der Waals surface area contributed by atoms with E-state index in [0.29, 0.717) is 5.41 Å². The zero-order chi connectivity index (χ0) is 22.7. The molecule has 0 saturated heterocycles. The minimum Gasteiger partial charge on any atom is -0.424 e. The van der Waals surface area contributed by atoms with Gasteiger partial charge in [0, 0.05) is 6.61 Å². The van der Waals surface area contributed by atoms with Gasteiger partial charge in [-0.1, -0.05) is 34.1 Å². The highest BCUT2D eigenvalue weighted by Crippen LogP contribution is 2.40. The summed E-state index contributed by atoms with van der Waals surface area (Å²) in [5.74, 6) is 0. The van der Waals surface area contributed by atoms with E-state index in [9.17, 15) is 0 Å². The Kier molecular flexibility index (Phi) is 19.8. The second-order valence-electron chi connectivity index (χ2n) is 9.57. The highest BCUT2D eigenvalue weighted by atomic mass is 28.2. The first kappa shape index (κ1) is 30.1. The van der Waals surface area contributed by atoms with E-state index in [1.165, 1.54) is 83.5 Å². The van der Waals surface area contributed by atoms with Crippen LogP contribution in [0, 0.1) is 5.41 Å². The van der Waals surface area contributed by atoms with Crippen molar-refractivity contribution in [2.75, 3.05) is 67.0 Å². The molecule has 0 amide bonds. The van der Waals surface area contributed by atoms with Crippen LogP contribution >= 0.6 is 0 Å². The van der Waals surface area contributed by atoms with Gasteiger partial charge in [0.1, 0.15) is 0 Å². The maximum atomic E-state index is 6.06. The van der Waals surface area contributed by atoms with Gasteiger partial charge in [0.25, 0.3) is 0 Å². The van der Waals surface area contributed by atoms with Gasteiger partial charge >= 0.3 is 0 Å². The summed E-state index contributed by atoms with van der Waals surface area (Å²) >= 11 is 0. The highest BCUT2D eigenvalue weighted by Gasteiger charge is 2.29. The summed E-state index contributed by atoms with van der Waals surface area (Å²) in [7, 11) is 6.45. The van der Waals surface area contributed by atoms with Crippen molar-refractivity contribution in [2.45, 2.75) is 91.5 Å². The fourth-order valence-electron chi connectivity index (χ4n) is 4.29. The second kappa shape index (κ2) is 19.7. The first-order valence-corrected chi connectivity index (χ1v) is 14.6. The van der Waals surface area contributed by atoms with Gasteiger partial charge in [0.15, 0.2) is 9.76 Å². The van der Waals surface area contributed by atoms with Gasteiger partial charge in [-0.05, 0) is 123 Å². The first-order chi connectivity index (χ1) is 14.4. The van der Waals surface area contributed by atoms with Crippen LogP contribution in [0.25, 0.3) is 0 Å². The van der Waals surface area contributed by atoms with E-state index < -0.39 is 0 Å². The van der Waals surface area contributed by atoms with Gasteiger partial charge in [-0.3, -0.25) is 0 Å². The van der Waals surface area contributed by atoms with Crippen molar-refractivity contribution in [3.63, 3.8) is 0 Å². The van der Waals surface area contributed by atoms with Crippen molar-refractivity contribution in [1.82, 2.24) is 14.7 Å². The van der Waals surface area contributed by atoms with Crippen LogP contribution in [0.5, 0.6) is 0 Å². The molecular formula is C25H57N3OSi. The Hall–Kier alpha value is 0.0569. The first-order valence-electron chi connectivity index (χ1n) is 13.1. The van der Waals surface area contributed by atoms with Crippen LogP contribution < -0.4 is 0 Å². The summed E-state index contributed by atoms with van der Waals surface area (Å²) in [6, 6.07) is 1.36. The Morgan fingerprint density at radius 2 is 1.07 bits per heavy atom. The third-order valence-corrected chi connectivity index (χ3v) is 8.22. The zero-order valence-electron chi connectivity index (χ0n) is 22.0. The van der Waals surface area contributed by atoms with E-state index in [4.69, 9.17) is 4.43 Å². The fraction of sp³-hybridized carbons (Fsp3) is 1.00. The topological polar surface area (TPSA) is 19.0 Å². The van der Waals surface area contributed by atoms with Gasteiger partial charge in [0.2, 0.25) is 0 Å². The summed E-state index contributed by atoms with van der Waals surface area (Å²) in [4.78, 5) is 7.43. The van der Waals surface area contributed by atoms with Crippen LogP contribution in [0.2, 0.25) is 6.04 Å². The average molecular weight is 444 g/mol. The lowest BCUT2D eigenvalue weighted by atomic mass is 9.73. The lowest BCUT2D eigenvalue weighted by Gasteiger charge is -2.36. The maximum Gasteiger partial charge on any atom is 0.161 e. The standard InChI is InChI=1S/C25H57N3OSi/c1-8-12-23-29-30-24-19-25(16-13-20-26(5)9-2,17-14-21-27(6)10-3)18-15-22-28(7)11-4/h8-24,30H2,1-7H3. The van der Waals surface area contributed by atoms with E-state index in [2.05, 4.69) is 63.5 Å². The molecule has 0 aliphatic heterocycles. The van der Waals surface area contributed by atoms with E-state index in [0.717, 1.165) is 26.2 Å². The van der Waals surface area contributed by atoms with Crippen LogP contribution in [0.3, 0.4) is 0 Å². The molecule has 0 N–H and O–H groups in total. The molecule has 0 fully saturated rings. The number of nitrogens with zero attached hydrogens (tertiary/aromatic N) is 3. The molecule has 30 heavy (non-hydrogen) atoms. The summed E-state index contributed by atoms with van der Waals surface area (Å²) in [6.07, 6.45) is 12.1. The highest BCUT2D eigenvalue weighted by molar-refractivity contribution is 6.27. The molecule has 0 bridgehead atoms. The number of unbranched alkanes of at least 4 members (excludes halogenated alkanes) is 1. The average Bonchev–Trinajstić information content (AvgIpc) is 2.75. The molecule has 4 nitrogen and oxygen atoms in total. The van der Waals surface area contributed by atoms with Crippen molar-refractivity contribution < 1.29 is 4.43 Å². The lowest BCUT2D eigenvalue weighted by Crippen LogP contribution is -2.29. The molecule has 0 aromatic carbocycles. The third-order valence-electron chi connectivity index (χ3n) is 7.00. The minimum absolute atomic E-state index is 0.350. The molecule has 0 radical (unpaired) electrons. The number of hydrogen-bond donors (Lipinski definition) is 0. The largest absolute Gasteiger partial charge is 0.424 e. The minimum atomic E-state index is -0.350. The molecule has 0 spiro atoms. The SMILES string of the molecule is CCCCO[SiH2]CCC(CCCN(C)CC)(CCCN(C)CC)CCCN(C)CC. The van der Waals surface area contributed by atoms with Gasteiger partial charge in [-0.25, -0.2) is 0 Å². The van der Waals surface area contributed by atoms with Crippen molar-refractivity contribution in [1.29, 1.82) is 0 Å². The van der Waals surface area contributed by atoms with Gasteiger partial charge in [-0.15, -0.1) is 0 Å². The molecule has 0 aromatic heterocycles. The second-order valence-corrected chi connectivity index (χ2v) is 11.1. The Balaban J connectivity index is 4.94. The molecule has 0 atom stereocenters. The van der Waals surface area contributed by atoms with Crippen LogP contribution in [0.1, 0.15) is 85.5 Å².